The molecule has 1 saturated heterocycles. The van der Waals surface area contributed by atoms with Crippen molar-refractivity contribution in [3.8, 4) is 0 Å². The van der Waals surface area contributed by atoms with Crippen molar-refractivity contribution in [3.63, 3.8) is 0 Å². The predicted molar refractivity (Wildman–Crippen MR) is 89.3 cm³/mol. The molecule has 0 radical (unpaired) electrons. The van der Waals surface area contributed by atoms with Gasteiger partial charge in [0, 0.05) is 31.3 Å². The minimum Gasteiger partial charge on any atom is -0.381 e. The highest BCUT2D eigenvalue weighted by atomic mass is 35.5. The minimum absolute atomic E-state index is 0. The van der Waals surface area contributed by atoms with Crippen LogP contribution in [0.15, 0.2) is 6.20 Å². The number of amides is 1. The van der Waals surface area contributed by atoms with Crippen LogP contribution >= 0.6 is 36.2 Å². The van der Waals surface area contributed by atoms with Crippen molar-refractivity contribution >= 4 is 42.1 Å². The van der Waals surface area contributed by atoms with Gasteiger partial charge < -0.3 is 15.4 Å². The molecule has 1 aromatic rings. The SMILES string of the molecule is Cc1ncc(CN(C)C(=O)C(N)C2CCOCC2)s1.Cl.Cl. The Bertz CT molecular complexity index is 439. The number of nitrogens with zero attached hydrogens (tertiary/aromatic N) is 2. The first-order valence-electron chi connectivity index (χ1n) is 6.57. The second kappa shape index (κ2) is 9.58. The van der Waals surface area contributed by atoms with Gasteiger partial charge in [0.15, 0.2) is 0 Å². The summed E-state index contributed by atoms with van der Waals surface area (Å²) < 4.78 is 5.30. The Kier molecular flexibility index (Phi) is 9.40. The number of carbonyl (C=O) groups excluding carboxylic acids is 1. The Morgan fingerprint density at radius 3 is 2.67 bits per heavy atom. The van der Waals surface area contributed by atoms with Crippen molar-refractivity contribution in [3.05, 3.63) is 16.1 Å². The second-order valence-corrected chi connectivity index (χ2v) is 6.33. The standard InChI is InChI=1S/C13H21N3O2S.2ClH/c1-9-15-7-11(19-9)8-16(2)13(17)12(14)10-3-5-18-6-4-10;;/h7,10,12H,3-6,8,14H2,1-2H3;2*1H. The molecular formula is C13H23Cl2N3O2S. The maximum atomic E-state index is 12.3. The fraction of sp³-hybridized carbons (Fsp3) is 0.692. The number of rotatable bonds is 4. The summed E-state index contributed by atoms with van der Waals surface area (Å²) in [6.07, 6.45) is 3.57. The van der Waals surface area contributed by atoms with Gasteiger partial charge in [0.05, 0.1) is 17.6 Å². The smallest absolute Gasteiger partial charge is 0.239 e. The molecule has 0 spiro atoms. The molecule has 5 nitrogen and oxygen atoms in total. The summed E-state index contributed by atoms with van der Waals surface area (Å²) in [5.41, 5.74) is 6.09. The maximum absolute atomic E-state index is 12.3. The average molecular weight is 356 g/mol. The summed E-state index contributed by atoms with van der Waals surface area (Å²) in [5.74, 6) is 0.254. The first-order valence-corrected chi connectivity index (χ1v) is 7.39. The van der Waals surface area contributed by atoms with Gasteiger partial charge in [0.2, 0.25) is 5.91 Å². The molecule has 2 rings (SSSR count). The molecule has 0 saturated carbocycles. The van der Waals surface area contributed by atoms with Gasteiger partial charge in [-0.3, -0.25) is 4.79 Å². The number of aromatic nitrogens is 1. The molecule has 1 atom stereocenters. The third kappa shape index (κ3) is 5.71. The fourth-order valence-corrected chi connectivity index (χ4v) is 3.17. The number of hydrogen-bond donors (Lipinski definition) is 1. The average Bonchev–Trinajstić information content (AvgIpc) is 2.83. The van der Waals surface area contributed by atoms with Gasteiger partial charge in [-0.1, -0.05) is 0 Å². The van der Waals surface area contributed by atoms with Crippen molar-refractivity contribution < 1.29 is 9.53 Å². The van der Waals surface area contributed by atoms with Crippen molar-refractivity contribution in [1.29, 1.82) is 0 Å². The molecule has 8 heteroatoms. The normalized spacial score (nSPS) is 16.5. The van der Waals surface area contributed by atoms with Crippen LogP contribution in [-0.4, -0.2) is 42.1 Å². The van der Waals surface area contributed by atoms with E-state index in [2.05, 4.69) is 4.98 Å². The van der Waals surface area contributed by atoms with Gasteiger partial charge in [-0.15, -0.1) is 36.2 Å². The molecule has 2 heterocycles. The van der Waals surface area contributed by atoms with Crippen LogP contribution in [0, 0.1) is 12.8 Å². The van der Waals surface area contributed by atoms with E-state index in [0.29, 0.717) is 19.8 Å². The molecule has 0 aromatic carbocycles. The lowest BCUT2D eigenvalue weighted by atomic mass is 9.91. The van der Waals surface area contributed by atoms with Crippen molar-refractivity contribution in [1.82, 2.24) is 9.88 Å². The quantitative estimate of drug-likeness (QED) is 0.896. The molecule has 1 fully saturated rings. The summed E-state index contributed by atoms with van der Waals surface area (Å²) in [7, 11) is 1.80. The Hall–Kier alpha value is -0.400. The number of halogens is 2. The number of carbonyl (C=O) groups is 1. The van der Waals surface area contributed by atoms with Crippen LogP contribution in [0.5, 0.6) is 0 Å². The minimum atomic E-state index is -0.414. The van der Waals surface area contributed by atoms with Crippen LogP contribution in [0.3, 0.4) is 0 Å². The van der Waals surface area contributed by atoms with Gasteiger partial charge in [-0.05, 0) is 25.7 Å². The topological polar surface area (TPSA) is 68.5 Å². The van der Waals surface area contributed by atoms with Crippen LogP contribution < -0.4 is 5.73 Å². The van der Waals surface area contributed by atoms with Gasteiger partial charge in [-0.25, -0.2) is 4.98 Å². The summed E-state index contributed by atoms with van der Waals surface area (Å²) in [6, 6.07) is -0.414. The number of nitrogens with two attached hydrogens (primary N) is 1. The van der Waals surface area contributed by atoms with E-state index in [1.54, 1.807) is 23.3 Å². The molecule has 122 valence electrons. The van der Waals surface area contributed by atoms with Crippen LogP contribution in [-0.2, 0) is 16.1 Å². The van der Waals surface area contributed by atoms with E-state index in [1.165, 1.54) is 0 Å². The molecule has 1 unspecified atom stereocenters. The Morgan fingerprint density at radius 2 is 2.14 bits per heavy atom. The van der Waals surface area contributed by atoms with Crippen molar-refractivity contribution in [2.45, 2.75) is 32.4 Å². The van der Waals surface area contributed by atoms with Gasteiger partial charge in [0.1, 0.15) is 0 Å². The lowest BCUT2D eigenvalue weighted by Crippen LogP contribution is -2.47. The van der Waals surface area contributed by atoms with Crippen molar-refractivity contribution in [2.75, 3.05) is 20.3 Å². The highest BCUT2D eigenvalue weighted by molar-refractivity contribution is 7.11. The zero-order valence-corrected chi connectivity index (χ0v) is 14.7. The summed E-state index contributed by atoms with van der Waals surface area (Å²) >= 11 is 1.61. The highest BCUT2D eigenvalue weighted by Crippen LogP contribution is 2.20. The maximum Gasteiger partial charge on any atom is 0.239 e. The summed E-state index contributed by atoms with van der Waals surface area (Å²) in [5, 5.41) is 1.02. The van der Waals surface area contributed by atoms with Crippen LogP contribution in [0.25, 0.3) is 0 Å². The molecule has 1 aromatic heterocycles. The third-order valence-electron chi connectivity index (χ3n) is 3.50. The van der Waals surface area contributed by atoms with E-state index in [-0.39, 0.29) is 36.6 Å². The number of aryl methyl sites for hydroxylation is 1. The molecule has 1 aliphatic rings. The van der Waals surface area contributed by atoms with Gasteiger partial charge >= 0.3 is 0 Å². The molecule has 1 amide bonds. The zero-order chi connectivity index (χ0) is 13.8. The second-order valence-electron chi connectivity index (χ2n) is 5.02. The zero-order valence-electron chi connectivity index (χ0n) is 12.3. The monoisotopic (exact) mass is 355 g/mol. The van der Waals surface area contributed by atoms with E-state index in [4.69, 9.17) is 10.5 Å². The predicted octanol–water partition coefficient (Wildman–Crippen LogP) is 2.01. The lowest BCUT2D eigenvalue weighted by molar-refractivity contribution is -0.133. The van der Waals surface area contributed by atoms with Crippen LogP contribution in [0.1, 0.15) is 22.7 Å². The molecule has 1 aliphatic heterocycles. The van der Waals surface area contributed by atoms with Crippen LogP contribution in [0.2, 0.25) is 0 Å². The van der Waals surface area contributed by atoms with E-state index in [9.17, 15) is 4.79 Å². The van der Waals surface area contributed by atoms with E-state index in [0.717, 1.165) is 22.7 Å². The van der Waals surface area contributed by atoms with Crippen molar-refractivity contribution in [2.24, 2.45) is 11.7 Å². The molecule has 21 heavy (non-hydrogen) atoms. The fourth-order valence-electron chi connectivity index (χ4n) is 2.32. The first-order chi connectivity index (χ1) is 9.08. The lowest BCUT2D eigenvalue weighted by Gasteiger charge is -2.29. The third-order valence-corrected chi connectivity index (χ3v) is 4.39. The van der Waals surface area contributed by atoms with E-state index >= 15 is 0 Å². The first kappa shape index (κ1) is 20.6. The van der Waals surface area contributed by atoms with Crippen LogP contribution in [0.4, 0.5) is 0 Å². The molecule has 2 N–H and O–H groups in total. The number of hydrogen-bond acceptors (Lipinski definition) is 5. The van der Waals surface area contributed by atoms with Gasteiger partial charge in [-0.2, -0.15) is 0 Å². The Morgan fingerprint density at radius 1 is 1.52 bits per heavy atom. The van der Waals surface area contributed by atoms with E-state index < -0.39 is 6.04 Å². The van der Waals surface area contributed by atoms with E-state index in [1.807, 2.05) is 13.1 Å². The largest absolute Gasteiger partial charge is 0.381 e. The molecular weight excluding hydrogens is 333 g/mol. The summed E-state index contributed by atoms with van der Waals surface area (Å²) in [4.78, 5) is 19.3. The molecule has 0 bridgehead atoms. The molecule has 0 aliphatic carbocycles. The Labute approximate surface area is 142 Å². The number of thiazole rings is 1. The van der Waals surface area contributed by atoms with Gasteiger partial charge in [0.25, 0.3) is 0 Å². The number of likely N-dealkylation sites (N-methyl/N-ethyl adjacent to an activating group) is 1. The Balaban J connectivity index is 0.00000200. The highest BCUT2D eigenvalue weighted by Gasteiger charge is 2.28. The summed E-state index contributed by atoms with van der Waals surface area (Å²) in [6.45, 7) is 3.97. The number of ether oxygens (including phenoxy) is 1.